The molecular weight excluding hydrogens is 370 g/mol. The summed E-state index contributed by atoms with van der Waals surface area (Å²) in [5.74, 6) is -0.246. The predicted octanol–water partition coefficient (Wildman–Crippen LogP) is 1.33. The minimum absolute atomic E-state index is 0.0182. The van der Waals surface area contributed by atoms with E-state index in [-0.39, 0.29) is 29.8 Å². The molecule has 0 bridgehead atoms. The number of aryl methyl sites for hydroxylation is 2. The Morgan fingerprint density at radius 3 is 2.90 bits per heavy atom. The second kappa shape index (κ2) is 9.36. The fourth-order valence-corrected chi connectivity index (χ4v) is 3.66. The van der Waals surface area contributed by atoms with E-state index < -0.39 is 0 Å². The van der Waals surface area contributed by atoms with Gasteiger partial charge in [0.1, 0.15) is 0 Å². The van der Waals surface area contributed by atoms with Crippen LogP contribution in [-0.2, 0) is 22.6 Å². The Bertz CT molecular complexity index is 892. The van der Waals surface area contributed by atoms with E-state index in [9.17, 15) is 14.4 Å². The molecule has 0 saturated carbocycles. The Hall–Kier alpha value is -3.16. The molecule has 3 amide bonds. The summed E-state index contributed by atoms with van der Waals surface area (Å²) < 4.78 is 1.83. The van der Waals surface area contributed by atoms with Gasteiger partial charge < -0.3 is 16.0 Å². The van der Waals surface area contributed by atoms with E-state index in [2.05, 4.69) is 21.0 Å². The molecule has 2 aromatic rings. The molecule has 2 heterocycles. The van der Waals surface area contributed by atoms with Crippen molar-refractivity contribution < 1.29 is 14.4 Å². The van der Waals surface area contributed by atoms with Gasteiger partial charge in [-0.25, -0.2) is 0 Å². The number of carbonyl (C=O) groups excluding carboxylic acids is 3. The maximum Gasteiger partial charge on any atom is 0.251 e. The second-order valence-corrected chi connectivity index (χ2v) is 7.11. The highest BCUT2D eigenvalue weighted by atomic mass is 16.2. The van der Waals surface area contributed by atoms with Gasteiger partial charge >= 0.3 is 0 Å². The van der Waals surface area contributed by atoms with Crippen molar-refractivity contribution in [1.29, 1.82) is 0 Å². The summed E-state index contributed by atoms with van der Waals surface area (Å²) in [5, 5.41) is 12.9. The number of carbonyl (C=O) groups is 3. The molecule has 0 radical (unpaired) electrons. The first-order chi connectivity index (χ1) is 14.0. The van der Waals surface area contributed by atoms with Crippen LogP contribution in [0.5, 0.6) is 0 Å². The molecule has 29 heavy (non-hydrogen) atoms. The molecule has 0 spiro atoms. The molecule has 154 valence electrons. The SMILES string of the molecule is CCn1nccc1C1NC(=O)CCC1NC(=O)CCc1cccc(C(=O)NC)c1. The summed E-state index contributed by atoms with van der Waals surface area (Å²) in [7, 11) is 1.59. The summed E-state index contributed by atoms with van der Waals surface area (Å²) in [4.78, 5) is 36.3. The number of rotatable bonds is 7. The third-order valence-corrected chi connectivity index (χ3v) is 5.17. The van der Waals surface area contributed by atoms with Crippen LogP contribution in [0.1, 0.15) is 53.8 Å². The van der Waals surface area contributed by atoms with E-state index in [1.807, 2.05) is 29.8 Å². The molecular formula is C21H27N5O3. The zero-order valence-electron chi connectivity index (χ0n) is 16.8. The van der Waals surface area contributed by atoms with Gasteiger partial charge in [0.05, 0.1) is 17.8 Å². The minimum Gasteiger partial charge on any atom is -0.355 e. The molecule has 1 aliphatic heterocycles. The van der Waals surface area contributed by atoms with Crippen LogP contribution < -0.4 is 16.0 Å². The number of aromatic nitrogens is 2. The molecule has 0 aliphatic carbocycles. The van der Waals surface area contributed by atoms with Crippen LogP contribution in [0.2, 0.25) is 0 Å². The van der Waals surface area contributed by atoms with Crippen molar-refractivity contribution in [3.05, 3.63) is 53.3 Å². The molecule has 2 unspecified atom stereocenters. The van der Waals surface area contributed by atoms with Crippen molar-refractivity contribution in [1.82, 2.24) is 25.7 Å². The maximum absolute atomic E-state index is 12.6. The van der Waals surface area contributed by atoms with Gasteiger partial charge in [0.15, 0.2) is 0 Å². The van der Waals surface area contributed by atoms with Crippen molar-refractivity contribution in [3.8, 4) is 0 Å². The summed E-state index contributed by atoms with van der Waals surface area (Å²) in [6, 6.07) is 8.67. The van der Waals surface area contributed by atoms with Gasteiger partial charge in [-0.2, -0.15) is 5.10 Å². The molecule has 1 saturated heterocycles. The van der Waals surface area contributed by atoms with Crippen LogP contribution in [-0.4, -0.2) is 40.6 Å². The highest BCUT2D eigenvalue weighted by molar-refractivity contribution is 5.94. The minimum atomic E-state index is -0.292. The molecule has 1 aliphatic rings. The van der Waals surface area contributed by atoms with Crippen LogP contribution in [0, 0.1) is 0 Å². The fourth-order valence-electron chi connectivity index (χ4n) is 3.66. The van der Waals surface area contributed by atoms with E-state index >= 15 is 0 Å². The van der Waals surface area contributed by atoms with Crippen molar-refractivity contribution in [3.63, 3.8) is 0 Å². The molecule has 8 nitrogen and oxygen atoms in total. The van der Waals surface area contributed by atoms with E-state index in [0.29, 0.717) is 37.8 Å². The normalized spacial score (nSPS) is 18.8. The van der Waals surface area contributed by atoms with Crippen LogP contribution in [0.3, 0.4) is 0 Å². The lowest BCUT2D eigenvalue weighted by Crippen LogP contribution is -2.50. The summed E-state index contributed by atoms with van der Waals surface area (Å²) in [6.07, 6.45) is 3.52. The number of hydrogen-bond donors (Lipinski definition) is 3. The Morgan fingerprint density at radius 2 is 2.14 bits per heavy atom. The summed E-state index contributed by atoms with van der Waals surface area (Å²) in [6.45, 7) is 2.68. The molecule has 2 atom stereocenters. The third kappa shape index (κ3) is 5.01. The molecule has 3 rings (SSSR count). The zero-order valence-corrected chi connectivity index (χ0v) is 16.8. The van der Waals surface area contributed by atoms with Crippen LogP contribution >= 0.6 is 0 Å². The number of nitrogens with one attached hydrogen (secondary N) is 3. The quantitative estimate of drug-likeness (QED) is 0.655. The predicted molar refractivity (Wildman–Crippen MR) is 108 cm³/mol. The number of piperidine rings is 1. The summed E-state index contributed by atoms with van der Waals surface area (Å²) >= 11 is 0. The number of benzene rings is 1. The smallest absolute Gasteiger partial charge is 0.251 e. The van der Waals surface area contributed by atoms with E-state index in [4.69, 9.17) is 0 Å². The Balaban J connectivity index is 1.63. The Labute approximate surface area is 170 Å². The number of hydrogen-bond acceptors (Lipinski definition) is 4. The second-order valence-electron chi connectivity index (χ2n) is 7.11. The lowest BCUT2D eigenvalue weighted by atomic mass is 9.94. The van der Waals surface area contributed by atoms with Crippen LogP contribution in [0.15, 0.2) is 36.5 Å². The molecule has 3 N–H and O–H groups in total. The first kappa shape index (κ1) is 20.6. The van der Waals surface area contributed by atoms with Gasteiger partial charge in [-0.15, -0.1) is 0 Å². The van der Waals surface area contributed by atoms with Crippen LogP contribution in [0.25, 0.3) is 0 Å². The molecule has 1 aromatic carbocycles. The van der Waals surface area contributed by atoms with E-state index in [1.165, 1.54) is 0 Å². The molecule has 8 heteroatoms. The third-order valence-electron chi connectivity index (χ3n) is 5.17. The number of amides is 3. The first-order valence-electron chi connectivity index (χ1n) is 9.93. The topological polar surface area (TPSA) is 105 Å². The van der Waals surface area contributed by atoms with E-state index in [0.717, 1.165) is 11.3 Å². The lowest BCUT2D eigenvalue weighted by Gasteiger charge is -2.33. The monoisotopic (exact) mass is 397 g/mol. The average molecular weight is 397 g/mol. The highest BCUT2D eigenvalue weighted by Crippen LogP contribution is 2.24. The van der Waals surface area contributed by atoms with Gasteiger partial charge in [0.25, 0.3) is 5.91 Å². The van der Waals surface area contributed by atoms with Crippen LogP contribution in [0.4, 0.5) is 0 Å². The highest BCUT2D eigenvalue weighted by Gasteiger charge is 2.32. The van der Waals surface area contributed by atoms with Gasteiger partial charge in [-0.3, -0.25) is 19.1 Å². The van der Waals surface area contributed by atoms with Gasteiger partial charge in [0, 0.05) is 38.2 Å². The van der Waals surface area contributed by atoms with Gasteiger partial charge in [-0.05, 0) is 43.5 Å². The fraction of sp³-hybridized carbons (Fsp3) is 0.429. The van der Waals surface area contributed by atoms with Crippen molar-refractivity contribution >= 4 is 17.7 Å². The maximum atomic E-state index is 12.6. The molecule has 1 aromatic heterocycles. The van der Waals surface area contributed by atoms with Crippen molar-refractivity contribution in [2.75, 3.05) is 7.05 Å². The first-order valence-corrected chi connectivity index (χ1v) is 9.93. The largest absolute Gasteiger partial charge is 0.355 e. The van der Waals surface area contributed by atoms with Crippen molar-refractivity contribution in [2.24, 2.45) is 0 Å². The lowest BCUT2D eigenvalue weighted by molar-refractivity contribution is -0.127. The molecule has 1 fully saturated rings. The standard InChI is InChI=1S/C21H27N5O3/c1-3-26-17(11-12-23-26)20-16(8-10-19(28)25-20)24-18(27)9-7-14-5-4-6-15(13-14)21(29)22-2/h4-6,11-13,16,20H,3,7-10H2,1-2H3,(H,22,29)(H,24,27)(H,25,28). The van der Waals surface area contributed by atoms with Crippen molar-refractivity contribution in [2.45, 2.75) is 51.2 Å². The summed E-state index contributed by atoms with van der Waals surface area (Å²) in [5.41, 5.74) is 2.40. The Morgan fingerprint density at radius 1 is 1.31 bits per heavy atom. The van der Waals surface area contributed by atoms with Gasteiger partial charge in [0.2, 0.25) is 11.8 Å². The number of nitrogens with zero attached hydrogens (tertiary/aromatic N) is 2. The Kier molecular flexibility index (Phi) is 6.64. The zero-order chi connectivity index (χ0) is 20.8. The van der Waals surface area contributed by atoms with Gasteiger partial charge in [-0.1, -0.05) is 12.1 Å². The average Bonchev–Trinajstić information content (AvgIpc) is 3.22. The van der Waals surface area contributed by atoms with E-state index in [1.54, 1.807) is 25.4 Å².